The molecule has 3 N–H and O–H groups in total. The van der Waals surface area contributed by atoms with Gasteiger partial charge in [-0.3, -0.25) is 4.79 Å². The molecule has 2 fully saturated rings. The van der Waals surface area contributed by atoms with Crippen molar-refractivity contribution in [2.75, 3.05) is 12.3 Å². The molecule has 140 valence electrons. The average Bonchev–Trinajstić information content (AvgIpc) is 3.40. The fourth-order valence-corrected chi connectivity index (χ4v) is 4.71. The van der Waals surface area contributed by atoms with Crippen LogP contribution in [-0.4, -0.2) is 22.2 Å². The SMILES string of the molecule is N#Cc1c(CCCNC(=O)C2CC3CCC2C3)nn(-c2ccccc2)c1N. The molecule has 2 bridgehead atoms. The number of nitrogen functional groups attached to an aromatic ring is 1. The second-order valence-electron chi connectivity index (χ2n) is 7.74. The quantitative estimate of drug-likeness (QED) is 0.771. The van der Waals surface area contributed by atoms with E-state index in [0.717, 1.165) is 24.4 Å². The number of anilines is 1. The van der Waals surface area contributed by atoms with Crippen molar-refractivity contribution in [3.63, 3.8) is 0 Å². The summed E-state index contributed by atoms with van der Waals surface area (Å²) in [5.41, 5.74) is 8.08. The topological polar surface area (TPSA) is 96.7 Å². The Morgan fingerprint density at radius 1 is 1.30 bits per heavy atom. The number of aryl methyl sites for hydroxylation is 1. The van der Waals surface area contributed by atoms with E-state index in [-0.39, 0.29) is 11.8 Å². The van der Waals surface area contributed by atoms with Gasteiger partial charge >= 0.3 is 0 Å². The normalized spacial score (nSPS) is 23.3. The Labute approximate surface area is 159 Å². The first kappa shape index (κ1) is 17.6. The number of hydrogen-bond donors (Lipinski definition) is 2. The summed E-state index contributed by atoms with van der Waals surface area (Å²) in [6.45, 7) is 0.607. The van der Waals surface area contributed by atoms with Crippen molar-refractivity contribution >= 4 is 11.7 Å². The minimum absolute atomic E-state index is 0.206. The van der Waals surface area contributed by atoms with E-state index >= 15 is 0 Å². The van der Waals surface area contributed by atoms with Gasteiger partial charge in [-0.2, -0.15) is 10.4 Å². The van der Waals surface area contributed by atoms with Crippen molar-refractivity contribution in [3.05, 3.63) is 41.6 Å². The van der Waals surface area contributed by atoms with Gasteiger partial charge in [-0.1, -0.05) is 24.6 Å². The molecule has 6 nitrogen and oxygen atoms in total. The zero-order valence-electron chi connectivity index (χ0n) is 15.4. The van der Waals surface area contributed by atoms with Gasteiger partial charge in [0.2, 0.25) is 5.91 Å². The van der Waals surface area contributed by atoms with Crippen LogP contribution in [0.3, 0.4) is 0 Å². The van der Waals surface area contributed by atoms with Gasteiger partial charge < -0.3 is 11.1 Å². The molecule has 2 aliphatic carbocycles. The predicted molar refractivity (Wildman–Crippen MR) is 103 cm³/mol. The van der Waals surface area contributed by atoms with Gasteiger partial charge in [0.05, 0.1) is 11.4 Å². The standard InChI is InChI=1S/C21H25N5O/c22-13-18-19(25-26(20(18)23)16-5-2-1-3-6-16)7-4-10-24-21(27)17-12-14-8-9-15(17)11-14/h1-3,5-6,14-15,17H,4,7-12,23H2,(H,24,27). The van der Waals surface area contributed by atoms with Crippen molar-refractivity contribution in [1.29, 1.82) is 5.26 Å². The van der Waals surface area contributed by atoms with Crippen LogP contribution in [0.2, 0.25) is 0 Å². The molecule has 0 spiro atoms. The van der Waals surface area contributed by atoms with Crippen LogP contribution in [-0.2, 0) is 11.2 Å². The Kier molecular flexibility index (Phi) is 4.85. The summed E-state index contributed by atoms with van der Waals surface area (Å²) in [5.74, 6) is 2.16. The van der Waals surface area contributed by atoms with Crippen molar-refractivity contribution < 1.29 is 4.79 Å². The Hall–Kier alpha value is -2.81. The molecular weight excluding hydrogens is 338 g/mol. The van der Waals surface area contributed by atoms with Gasteiger partial charge in [-0.05, 0) is 56.1 Å². The minimum atomic E-state index is 0.206. The third kappa shape index (κ3) is 3.42. The first-order valence-corrected chi connectivity index (χ1v) is 9.78. The molecule has 2 aromatic rings. The van der Waals surface area contributed by atoms with Gasteiger partial charge in [0, 0.05) is 12.5 Å². The third-order valence-electron chi connectivity index (χ3n) is 6.07. The fourth-order valence-electron chi connectivity index (χ4n) is 4.71. The number of carbonyl (C=O) groups excluding carboxylic acids is 1. The molecule has 6 heteroatoms. The Morgan fingerprint density at radius 3 is 2.78 bits per heavy atom. The zero-order chi connectivity index (χ0) is 18.8. The first-order valence-electron chi connectivity index (χ1n) is 9.78. The molecule has 3 atom stereocenters. The molecule has 1 amide bonds. The van der Waals surface area contributed by atoms with Crippen molar-refractivity contribution in [1.82, 2.24) is 15.1 Å². The predicted octanol–water partition coefficient (Wildman–Crippen LogP) is 2.81. The number of fused-ring (bicyclic) bond motifs is 2. The average molecular weight is 363 g/mol. The number of nitriles is 1. The van der Waals surface area contributed by atoms with Crippen LogP contribution in [0.1, 0.15) is 43.4 Å². The van der Waals surface area contributed by atoms with Crippen LogP contribution in [0.25, 0.3) is 5.69 Å². The van der Waals surface area contributed by atoms with E-state index in [9.17, 15) is 10.1 Å². The lowest BCUT2D eigenvalue weighted by molar-refractivity contribution is -0.126. The summed E-state index contributed by atoms with van der Waals surface area (Å²) >= 11 is 0. The molecule has 0 aliphatic heterocycles. The Morgan fingerprint density at radius 2 is 2.11 bits per heavy atom. The van der Waals surface area contributed by atoms with Gasteiger partial charge in [0.15, 0.2) is 0 Å². The number of carbonyl (C=O) groups is 1. The van der Waals surface area contributed by atoms with Gasteiger partial charge in [-0.25, -0.2) is 4.68 Å². The summed E-state index contributed by atoms with van der Waals surface area (Å²) in [4.78, 5) is 12.4. The molecule has 4 rings (SSSR count). The van der Waals surface area contributed by atoms with Crippen LogP contribution < -0.4 is 11.1 Å². The number of benzene rings is 1. The highest BCUT2D eigenvalue weighted by Gasteiger charge is 2.42. The van der Waals surface area contributed by atoms with E-state index < -0.39 is 0 Å². The maximum Gasteiger partial charge on any atom is 0.223 e. The lowest BCUT2D eigenvalue weighted by atomic mass is 9.88. The number of hydrogen-bond acceptors (Lipinski definition) is 4. The maximum absolute atomic E-state index is 12.4. The summed E-state index contributed by atoms with van der Waals surface area (Å²) in [5, 5.41) is 17.1. The number of amides is 1. The highest BCUT2D eigenvalue weighted by molar-refractivity contribution is 5.79. The molecule has 2 saturated carbocycles. The highest BCUT2D eigenvalue weighted by Crippen LogP contribution is 2.48. The number of nitrogens with zero attached hydrogens (tertiary/aromatic N) is 3. The molecule has 2 aliphatic rings. The third-order valence-corrected chi connectivity index (χ3v) is 6.07. The van der Waals surface area contributed by atoms with Gasteiger partial charge in [-0.15, -0.1) is 0 Å². The van der Waals surface area contributed by atoms with E-state index in [4.69, 9.17) is 5.73 Å². The second-order valence-corrected chi connectivity index (χ2v) is 7.74. The van der Waals surface area contributed by atoms with Gasteiger partial charge in [0.1, 0.15) is 17.5 Å². The van der Waals surface area contributed by atoms with Crippen LogP contribution >= 0.6 is 0 Å². The Balaban J connectivity index is 1.34. The number of rotatable bonds is 6. The van der Waals surface area contributed by atoms with E-state index in [1.165, 1.54) is 19.3 Å². The summed E-state index contributed by atoms with van der Waals surface area (Å²) in [6.07, 6.45) is 6.17. The number of aromatic nitrogens is 2. The van der Waals surface area contributed by atoms with Crippen molar-refractivity contribution in [3.8, 4) is 11.8 Å². The Bertz CT molecular complexity index is 867. The lowest BCUT2D eigenvalue weighted by Gasteiger charge is -2.20. The molecule has 1 aromatic heterocycles. The van der Waals surface area contributed by atoms with E-state index in [0.29, 0.717) is 36.0 Å². The molecule has 3 unspecified atom stereocenters. The van der Waals surface area contributed by atoms with Crippen molar-refractivity contribution in [2.45, 2.75) is 38.5 Å². The smallest absolute Gasteiger partial charge is 0.223 e. The maximum atomic E-state index is 12.4. The van der Waals surface area contributed by atoms with Crippen LogP contribution in [0.4, 0.5) is 5.82 Å². The second kappa shape index (κ2) is 7.43. The summed E-state index contributed by atoms with van der Waals surface area (Å²) < 4.78 is 1.61. The van der Waals surface area contributed by atoms with E-state index in [1.54, 1.807) is 4.68 Å². The molecule has 0 radical (unpaired) electrons. The lowest BCUT2D eigenvalue weighted by Crippen LogP contribution is -2.34. The largest absolute Gasteiger partial charge is 0.382 e. The minimum Gasteiger partial charge on any atom is -0.382 e. The first-order chi connectivity index (χ1) is 13.2. The van der Waals surface area contributed by atoms with Crippen LogP contribution in [0, 0.1) is 29.1 Å². The highest BCUT2D eigenvalue weighted by atomic mass is 16.1. The number of para-hydroxylation sites is 1. The monoisotopic (exact) mass is 363 g/mol. The zero-order valence-corrected chi connectivity index (χ0v) is 15.4. The van der Waals surface area contributed by atoms with Gasteiger partial charge in [0.25, 0.3) is 0 Å². The van der Waals surface area contributed by atoms with E-state index in [2.05, 4.69) is 16.5 Å². The van der Waals surface area contributed by atoms with Crippen molar-refractivity contribution in [2.24, 2.45) is 17.8 Å². The molecule has 0 saturated heterocycles. The number of nitrogens with one attached hydrogen (secondary N) is 1. The number of nitrogens with two attached hydrogens (primary N) is 1. The van der Waals surface area contributed by atoms with E-state index in [1.807, 2.05) is 30.3 Å². The summed E-state index contributed by atoms with van der Waals surface area (Å²) in [6, 6.07) is 11.7. The fraction of sp³-hybridized carbons (Fsp3) is 0.476. The van der Waals surface area contributed by atoms with Crippen LogP contribution in [0.5, 0.6) is 0 Å². The molecule has 1 heterocycles. The van der Waals surface area contributed by atoms with Crippen LogP contribution in [0.15, 0.2) is 30.3 Å². The molecule has 27 heavy (non-hydrogen) atoms. The molecule has 1 aromatic carbocycles. The summed E-state index contributed by atoms with van der Waals surface area (Å²) in [7, 11) is 0. The molecular formula is C21H25N5O.